The number of aryl methyl sites for hydroxylation is 1. The molecule has 0 spiro atoms. The van der Waals surface area contributed by atoms with Gasteiger partial charge in [-0.25, -0.2) is 0 Å². The summed E-state index contributed by atoms with van der Waals surface area (Å²) in [6, 6.07) is 6.00. The molecule has 0 aliphatic carbocycles. The largest absolute Gasteiger partial charge is 0.397 e. The molecule has 150 valence electrons. The predicted molar refractivity (Wildman–Crippen MR) is 119 cm³/mol. The zero-order chi connectivity index (χ0) is 18.9. The van der Waals surface area contributed by atoms with E-state index in [1.54, 1.807) is 0 Å². The van der Waals surface area contributed by atoms with E-state index in [1.165, 1.54) is 108 Å². The molecule has 0 saturated heterocycles. The van der Waals surface area contributed by atoms with E-state index in [4.69, 9.17) is 11.5 Å². The van der Waals surface area contributed by atoms with Crippen LogP contribution in [0, 0.1) is 0 Å². The maximum absolute atomic E-state index is 6.02. The molecule has 0 aliphatic rings. The van der Waals surface area contributed by atoms with Crippen molar-refractivity contribution in [2.75, 3.05) is 11.5 Å². The van der Waals surface area contributed by atoms with Crippen LogP contribution in [0.5, 0.6) is 0 Å². The van der Waals surface area contributed by atoms with Crippen molar-refractivity contribution in [2.24, 2.45) is 0 Å². The fourth-order valence-corrected chi connectivity index (χ4v) is 3.71. The van der Waals surface area contributed by atoms with Crippen LogP contribution in [0.1, 0.15) is 115 Å². The molecular formula is C24H44N2. The van der Waals surface area contributed by atoms with E-state index in [0.29, 0.717) is 0 Å². The van der Waals surface area contributed by atoms with Crippen molar-refractivity contribution in [2.45, 2.75) is 116 Å². The third kappa shape index (κ3) is 11.4. The summed E-state index contributed by atoms with van der Waals surface area (Å²) in [4.78, 5) is 0. The Kier molecular flexibility index (Phi) is 14.1. The van der Waals surface area contributed by atoms with Gasteiger partial charge >= 0.3 is 0 Å². The topological polar surface area (TPSA) is 52.0 Å². The highest BCUT2D eigenvalue weighted by molar-refractivity contribution is 5.67. The summed E-state index contributed by atoms with van der Waals surface area (Å²) >= 11 is 0. The van der Waals surface area contributed by atoms with Gasteiger partial charge in [0.25, 0.3) is 0 Å². The third-order valence-electron chi connectivity index (χ3n) is 5.53. The van der Waals surface area contributed by atoms with Gasteiger partial charge in [-0.15, -0.1) is 0 Å². The average molecular weight is 361 g/mol. The molecular weight excluding hydrogens is 316 g/mol. The third-order valence-corrected chi connectivity index (χ3v) is 5.53. The maximum atomic E-state index is 6.02. The van der Waals surface area contributed by atoms with Gasteiger partial charge in [0.1, 0.15) is 0 Å². The normalized spacial score (nSPS) is 11.1. The molecule has 0 saturated carbocycles. The highest BCUT2D eigenvalue weighted by atomic mass is 14.7. The molecule has 0 unspecified atom stereocenters. The van der Waals surface area contributed by atoms with Crippen molar-refractivity contribution in [3.8, 4) is 0 Å². The Hall–Kier alpha value is -1.18. The summed E-state index contributed by atoms with van der Waals surface area (Å²) in [5, 5.41) is 0. The minimum Gasteiger partial charge on any atom is -0.397 e. The maximum Gasteiger partial charge on any atom is 0.0580 e. The molecule has 26 heavy (non-hydrogen) atoms. The smallest absolute Gasteiger partial charge is 0.0580 e. The van der Waals surface area contributed by atoms with Gasteiger partial charge in [0.2, 0.25) is 0 Å². The number of hydrogen-bond donors (Lipinski definition) is 2. The van der Waals surface area contributed by atoms with Crippen LogP contribution in [-0.4, -0.2) is 0 Å². The first kappa shape index (κ1) is 22.9. The van der Waals surface area contributed by atoms with Gasteiger partial charge in [0.15, 0.2) is 0 Å². The Morgan fingerprint density at radius 1 is 0.577 bits per heavy atom. The molecule has 4 N–H and O–H groups in total. The summed E-state index contributed by atoms with van der Waals surface area (Å²) in [6.07, 6.45) is 23.6. The van der Waals surface area contributed by atoms with Gasteiger partial charge in [-0.1, -0.05) is 115 Å². The van der Waals surface area contributed by atoms with Crippen molar-refractivity contribution in [3.05, 3.63) is 23.8 Å². The summed E-state index contributed by atoms with van der Waals surface area (Å²) < 4.78 is 0. The fourth-order valence-electron chi connectivity index (χ4n) is 3.71. The molecule has 1 aromatic carbocycles. The Labute approximate surface area is 163 Å². The first-order valence-electron chi connectivity index (χ1n) is 11.4. The summed E-state index contributed by atoms with van der Waals surface area (Å²) in [7, 11) is 0. The van der Waals surface area contributed by atoms with Crippen molar-refractivity contribution in [3.63, 3.8) is 0 Å². The van der Waals surface area contributed by atoms with E-state index in [0.717, 1.165) is 17.8 Å². The second kappa shape index (κ2) is 16.0. The van der Waals surface area contributed by atoms with E-state index in [9.17, 15) is 0 Å². The summed E-state index contributed by atoms with van der Waals surface area (Å²) in [5.41, 5.74) is 14.6. The van der Waals surface area contributed by atoms with Gasteiger partial charge in [0.05, 0.1) is 11.4 Å². The molecule has 0 heterocycles. The monoisotopic (exact) mass is 360 g/mol. The van der Waals surface area contributed by atoms with E-state index >= 15 is 0 Å². The lowest BCUT2D eigenvalue weighted by Crippen LogP contribution is -1.99. The minimum atomic E-state index is 0.721. The molecule has 0 aliphatic heterocycles. The van der Waals surface area contributed by atoms with Crippen LogP contribution in [-0.2, 0) is 6.42 Å². The number of unbranched alkanes of at least 4 members (excludes halogenated alkanes) is 15. The van der Waals surface area contributed by atoms with Crippen molar-refractivity contribution in [1.29, 1.82) is 0 Å². The van der Waals surface area contributed by atoms with Gasteiger partial charge in [0, 0.05) is 0 Å². The molecule has 1 rings (SSSR count). The first-order valence-corrected chi connectivity index (χ1v) is 11.4. The van der Waals surface area contributed by atoms with Gasteiger partial charge in [-0.05, 0) is 24.5 Å². The number of nitrogen functional groups attached to an aromatic ring is 2. The number of para-hydroxylation sites is 1. The Balaban J connectivity index is 1.80. The Bertz CT molecular complexity index is 442. The van der Waals surface area contributed by atoms with Crippen molar-refractivity contribution in [1.82, 2.24) is 0 Å². The second-order valence-electron chi connectivity index (χ2n) is 7.97. The average Bonchev–Trinajstić information content (AvgIpc) is 2.64. The van der Waals surface area contributed by atoms with Crippen LogP contribution in [0.2, 0.25) is 0 Å². The van der Waals surface area contributed by atoms with Crippen LogP contribution >= 0.6 is 0 Å². The molecule has 0 fully saturated rings. The molecule has 1 aromatic rings. The number of anilines is 2. The summed E-state index contributed by atoms with van der Waals surface area (Å²) in [6.45, 7) is 2.29. The second-order valence-corrected chi connectivity index (χ2v) is 7.97. The van der Waals surface area contributed by atoms with Crippen LogP contribution in [0.3, 0.4) is 0 Å². The van der Waals surface area contributed by atoms with E-state index in [1.807, 2.05) is 12.1 Å². The molecule has 0 amide bonds. The zero-order valence-electron chi connectivity index (χ0n) is 17.4. The first-order chi connectivity index (χ1) is 12.8. The summed E-state index contributed by atoms with van der Waals surface area (Å²) in [5.74, 6) is 0. The van der Waals surface area contributed by atoms with Crippen molar-refractivity contribution < 1.29 is 0 Å². The lowest BCUT2D eigenvalue weighted by molar-refractivity contribution is 0.529. The Morgan fingerprint density at radius 3 is 1.46 bits per heavy atom. The van der Waals surface area contributed by atoms with Gasteiger partial charge in [-0.3, -0.25) is 0 Å². The van der Waals surface area contributed by atoms with Crippen LogP contribution < -0.4 is 11.5 Å². The van der Waals surface area contributed by atoms with Crippen LogP contribution in [0.4, 0.5) is 11.4 Å². The lowest BCUT2D eigenvalue weighted by Gasteiger charge is -2.08. The molecule has 2 nitrogen and oxygen atoms in total. The number of nitrogens with two attached hydrogens (primary N) is 2. The van der Waals surface area contributed by atoms with Crippen LogP contribution in [0.15, 0.2) is 18.2 Å². The van der Waals surface area contributed by atoms with Crippen LogP contribution in [0.25, 0.3) is 0 Å². The SMILES string of the molecule is CCCCCCCCCCCCCCCCCCc1cccc(N)c1N. The molecule has 0 radical (unpaired) electrons. The predicted octanol–water partition coefficient (Wildman–Crippen LogP) is 7.66. The number of benzene rings is 1. The Morgan fingerprint density at radius 2 is 1.00 bits per heavy atom. The van der Waals surface area contributed by atoms with E-state index in [-0.39, 0.29) is 0 Å². The molecule has 0 aromatic heterocycles. The fraction of sp³-hybridized carbons (Fsp3) is 0.750. The zero-order valence-corrected chi connectivity index (χ0v) is 17.4. The quantitative estimate of drug-likeness (QED) is 0.221. The standard InChI is InChI=1S/C24H44N2/c1-2-3-4-5-6-7-8-9-10-11-12-13-14-15-16-17-19-22-20-18-21-23(25)24(22)26/h18,20-21H,2-17,19,25-26H2,1H3. The number of rotatable bonds is 17. The van der Waals surface area contributed by atoms with Crippen molar-refractivity contribution >= 4 is 11.4 Å². The molecule has 0 atom stereocenters. The number of hydrogen-bond acceptors (Lipinski definition) is 2. The minimum absolute atomic E-state index is 0.721. The lowest BCUT2D eigenvalue weighted by atomic mass is 10.0. The van der Waals surface area contributed by atoms with Gasteiger partial charge in [-0.2, -0.15) is 0 Å². The molecule has 0 bridgehead atoms. The molecule has 2 heteroatoms. The highest BCUT2D eigenvalue weighted by Crippen LogP contribution is 2.21. The van der Waals surface area contributed by atoms with E-state index < -0.39 is 0 Å². The highest BCUT2D eigenvalue weighted by Gasteiger charge is 2.01. The van der Waals surface area contributed by atoms with E-state index in [2.05, 4.69) is 13.0 Å². The van der Waals surface area contributed by atoms with Gasteiger partial charge < -0.3 is 11.5 Å².